The van der Waals surface area contributed by atoms with E-state index in [1.165, 1.54) is 17.3 Å². The van der Waals surface area contributed by atoms with Gasteiger partial charge in [0, 0.05) is 0 Å². The average Bonchev–Trinajstić information content (AvgIpc) is 2.26. The Balaban J connectivity index is 0.00000289. The van der Waals surface area contributed by atoms with Crippen LogP contribution in [-0.4, -0.2) is 25.1 Å². The number of aliphatic hydroxyl groups excluding tert-OH is 1. The van der Waals surface area contributed by atoms with Crippen molar-refractivity contribution in [2.45, 2.75) is 49.3 Å². The standard InChI is InChI=1S/C15H25OSe.HI/c1-13(16)11-15(12-17(2)3)10-9-14-7-5-4-6-8-14;/h4-8,13,15-16H,9-12H2,1-3H3;1H/q+1;/p-1. The van der Waals surface area contributed by atoms with Crippen molar-refractivity contribution in [3.05, 3.63) is 35.9 Å². The molecule has 1 N–H and O–H groups in total. The van der Waals surface area contributed by atoms with Crippen LogP contribution in [0.5, 0.6) is 0 Å². The van der Waals surface area contributed by atoms with Crippen LogP contribution in [-0.2, 0) is 6.42 Å². The summed E-state index contributed by atoms with van der Waals surface area (Å²) in [5.41, 5.74) is 1.42. The maximum Gasteiger partial charge on any atom is -1.00 e. The van der Waals surface area contributed by atoms with E-state index in [0.29, 0.717) is 5.92 Å². The molecule has 0 amide bonds. The van der Waals surface area contributed by atoms with E-state index in [1.807, 2.05) is 6.92 Å². The summed E-state index contributed by atoms with van der Waals surface area (Å²) in [7, 11) is 0. The number of rotatable bonds is 7. The largest absolute Gasteiger partial charge is 1.00 e. The summed E-state index contributed by atoms with van der Waals surface area (Å²) < 4.78 is 0. The van der Waals surface area contributed by atoms with Gasteiger partial charge in [-0.15, -0.1) is 0 Å². The Morgan fingerprint density at radius 2 is 1.78 bits per heavy atom. The van der Waals surface area contributed by atoms with E-state index < -0.39 is 13.9 Å². The van der Waals surface area contributed by atoms with Crippen LogP contribution in [0.4, 0.5) is 0 Å². The number of aliphatic hydroxyl groups is 1. The van der Waals surface area contributed by atoms with Crippen LogP contribution in [0.25, 0.3) is 0 Å². The van der Waals surface area contributed by atoms with Crippen molar-refractivity contribution in [3.63, 3.8) is 0 Å². The second-order valence-corrected chi connectivity index (χ2v) is 9.96. The molecule has 1 aromatic rings. The average molecular weight is 427 g/mol. The number of aryl methyl sites for hydroxylation is 1. The molecule has 0 aliphatic rings. The predicted octanol–water partition coefficient (Wildman–Crippen LogP) is 0.765. The van der Waals surface area contributed by atoms with E-state index in [1.54, 1.807) is 0 Å². The van der Waals surface area contributed by atoms with Crippen molar-refractivity contribution < 1.29 is 29.1 Å². The zero-order valence-electron chi connectivity index (χ0n) is 11.6. The summed E-state index contributed by atoms with van der Waals surface area (Å²) in [6, 6.07) is 10.7. The van der Waals surface area contributed by atoms with E-state index in [4.69, 9.17) is 0 Å². The Kier molecular flexibility index (Phi) is 10.5. The second-order valence-electron chi connectivity index (χ2n) is 5.13. The molecule has 1 nitrogen and oxygen atoms in total. The summed E-state index contributed by atoms with van der Waals surface area (Å²) in [5, 5.41) is 10.9. The molecule has 3 heteroatoms. The zero-order valence-corrected chi connectivity index (χ0v) is 15.5. The third kappa shape index (κ3) is 8.52. The normalized spacial score (nSPS) is 14.1. The van der Waals surface area contributed by atoms with E-state index in [2.05, 4.69) is 42.0 Å². The Morgan fingerprint density at radius 1 is 1.17 bits per heavy atom. The van der Waals surface area contributed by atoms with Crippen LogP contribution < -0.4 is 24.0 Å². The van der Waals surface area contributed by atoms with Gasteiger partial charge in [0.1, 0.15) is 0 Å². The third-order valence-corrected chi connectivity index (χ3v) is 5.32. The molecule has 0 fully saturated rings. The third-order valence-electron chi connectivity index (χ3n) is 2.93. The van der Waals surface area contributed by atoms with E-state index in [9.17, 15) is 5.11 Å². The minimum atomic E-state index is -0.400. The van der Waals surface area contributed by atoms with Crippen molar-refractivity contribution in [1.82, 2.24) is 0 Å². The Bertz CT molecular complexity index is 291. The van der Waals surface area contributed by atoms with Crippen LogP contribution in [0.15, 0.2) is 30.3 Å². The molecular formula is C15H25IOSe. The fraction of sp³-hybridized carbons (Fsp3) is 0.600. The quantitative estimate of drug-likeness (QED) is 0.504. The van der Waals surface area contributed by atoms with Gasteiger partial charge >= 0.3 is 110 Å². The zero-order chi connectivity index (χ0) is 12.7. The van der Waals surface area contributed by atoms with Gasteiger partial charge in [0.15, 0.2) is 0 Å². The summed E-state index contributed by atoms with van der Waals surface area (Å²) in [6.07, 6.45) is 3.18. The van der Waals surface area contributed by atoms with E-state index >= 15 is 0 Å². The molecule has 1 aromatic carbocycles. The van der Waals surface area contributed by atoms with Gasteiger partial charge in [0.05, 0.1) is 0 Å². The van der Waals surface area contributed by atoms with Crippen molar-refractivity contribution in [2.75, 3.05) is 0 Å². The molecule has 0 spiro atoms. The molecule has 0 heterocycles. The Hall–Kier alpha value is 0.429. The van der Waals surface area contributed by atoms with Gasteiger partial charge in [-0.05, 0) is 0 Å². The minimum Gasteiger partial charge on any atom is -1.00 e. The molecule has 18 heavy (non-hydrogen) atoms. The van der Waals surface area contributed by atoms with Gasteiger partial charge in [0.25, 0.3) is 0 Å². The SMILES string of the molecule is CC(O)CC(CCc1ccccc1)C[Se+](C)C.[I-]. The second kappa shape index (κ2) is 10.2. The van der Waals surface area contributed by atoms with Crippen LogP contribution in [0.1, 0.15) is 25.3 Å². The molecule has 0 aromatic heterocycles. The molecule has 0 aliphatic heterocycles. The van der Waals surface area contributed by atoms with Gasteiger partial charge < -0.3 is 24.0 Å². The molecular weight excluding hydrogens is 402 g/mol. The summed E-state index contributed by atoms with van der Waals surface area (Å²) in [5.74, 6) is 5.48. The molecule has 0 bridgehead atoms. The van der Waals surface area contributed by atoms with Crippen molar-refractivity contribution >= 4 is 13.9 Å². The van der Waals surface area contributed by atoms with Crippen molar-refractivity contribution in [2.24, 2.45) is 5.92 Å². The van der Waals surface area contributed by atoms with Crippen molar-refractivity contribution in [3.8, 4) is 0 Å². The molecule has 2 unspecified atom stereocenters. The maximum absolute atomic E-state index is 9.55. The first-order chi connectivity index (χ1) is 8.08. The van der Waals surface area contributed by atoms with Crippen LogP contribution in [0.2, 0.25) is 17.0 Å². The van der Waals surface area contributed by atoms with Gasteiger partial charge in [-0.2, -0.15) is 0 Å². The Labute approximate surface area is 133 Å². The van der Waals surface area contributed by atoms with Crippen molar-refractivity contribution in [1.29, 1.82) is 0 Å². The van der Waals surface area contributed by atoms with Gasteiger partial charge in [-0.1, -0.05) is 0 Å². The molecule has 1 rings (SSSR count). The Morgan fingerprint density at radius 3 is 2.28 bits per heavy atom. The van der Waals surface area contributed by atoms with Gasteiger partial charge in [-0.25, -0.2) is 0 Å². The molecule has 0 radical (unpaired) electrons. The first kappa shape index (κ1) is 18.4. The molecule has 104 valence electrons. The maximum atomic E-state index is 9.55. The monoisotopic (exact) mass is 428 g/mol. The van der Waals surface area contributed by atoms with Gasteiger partial charge in [-0.3, -0.25) is 0 Å². The molecule has 2 atom stereocenters. The number of halogens is 1. The number of hydrogen-bond acceptors (Lipinski definition) is 1. The minimum absolute atomic E-state index is 0. The fourth-order valence-electron chi connectivity index (χ4n) is 2.24. The summed E-state index contributed by atoms with van der Waals surface area (Å²) in [6.45, 7) is 1.91. The summed E-state index contributed by atoms with van der Waals surface area (Å²) in [4.78, 5) is 0. The van der Waals surface area contributed by atoms with E-state index in [0.717, 1.165) is 12.8 Å². The van der Waals surface area contributed by atoms with Crippen LogP contribution in [0.3, 0.4) is 0 Å². The molecule has 0 saturated carbocycles. The van der Waals surface area contributed by atoms with E-state index in [-0.39, 0.29) is 30.1 Å². The predicted molar refractivity (Wildman–Crippen MR) is 76.8 cm³/mol. The first-order valence-corrected chi connectivity index (χ1v) is 11.0. The van der Waals surface area contributed by atoms with Gasteiger partial charge in [0.2, 0.25) is 0 Å². The fourth-order valence-corrected chi connectivity index (χ4v) is 4.85. The number of hydrogen-bond donors (Lipinski definition) is 1. The topological polar surface area (TPSA) is 20.2 Å². The molecule has 0 saturated heterocycles. The van der Waals surface area contributed by atoms with Crippen LogP contribution >= 0.6 is 0 Å². The number of benzene rings is 1. The first-order valence-electron chi connectivity index (χ1n) is 6.34. The summed E-state index contributed by atoms with van der Waals surface area (Å²) >= 11 is -0.400. The van der Waals surface area contributed by atoms with Crippen LogP contribution in [0, 0.1) is 5.92 Å². The molecule has 0 aliphatic carbocycles. The smallest absolute Gasteiger partial charge is 1.00 e.